The zero-order valence-electron chi connectivity index (χ0n) is 24.0. The van der Waals surface area contributed by atoms with Gasteiger partial charge in [0, 0.05) is 23.3 Å². The van der Waals surface area contributed by atoms with Crippen LogP contribution in [0.4, 0.5) is 37.0 Å². The summed E-state index contributed by atoms with van der Waals surface area (Å²) in [6.07, 6.45) is -6.27. The summed E-state index contributed by atoms with van der Waals surface area (Å²) in [7, 11) is 0. The lowest BCUT2D eigenvalue weighted by molar-refractivity contribution is -0.143. The molecule has 12 heteroatoms. The van der Waals surface area contributed by atoms with Gasteiger partial charge in [-0.15, -0.1) is 0 Å². The lowest BCUT2D eigenvalue weighted by Crippen LogP contribution is -2.62. The second kappa shape index (κ2) is 10.0. The molecular formula is C30H34BrF6N3O2. The highest BCUT2D eigenvalue weighted by Crippen LogP contribution is 2.66. The van der Waals surface area contributed by atoms with Crippen LogP contribution in [-0.4, -0.2) is 38.7 Å². The van der Waals surface area contributed by atoms with Crippen molar-refractivity contribution in [1.82, 2.24) is 9.88 Å². The lowest BCUT2D eigenvalue weighted by Gasteiger charge is -2.51. The molecule has 0 bridgehead atoms. The molecule has 3 unspecified atom stereocenters. The molecule has 3 aliphatic rings. The molecule has 0 radical (unpaired) electrons. The van der Waals surface area contributed by atoms with Crippen LogP contribution >= 0.6 is 15.9 Å². The molecule has 2 spiro atoms. The van der Waals surface area contributed by atoms with Crippen molar-refractivity contribution in [3.8, 4) is 0 Å². The number of alkyl halides is 6. The summed E-state index contributed by atoms with van der Waals surface area (Å²) < 4.78 is 88.7. The van der Waals surface area contributed by atoms with Crippen molar-refractivity contribution in [2.24, 2.45) is 11.8 Å². The molecule has 2 saturated carbocycles. The first-order valence-corrected chi connectivity index (χ1v) is 14.7. The summed E-state index contributed by atoms with van der Waals surface area (Å²) in [6, 6.07) is 4.85. The van der Waals surface area contributed by atoms with Gasteiger partial charge < -0.3 is 9.64 Å². The number of carbonyl (C=O) groups is 1. The van der Waals surface area contributed by atoms with E-state index in [0.717, 1.165) is 25.0 Å². The minimum absolute atomic E-state index is 0.118. The number of pyridine rings is 1. The smallest absolute Gasteiger partial charge is 0.416 e. The Bertz CT molecular complexity index is 1300. The quantitative estimate of drug-likeness (QED) is 0.307. The van der Waals surface area contributed by atoms with E-state index in [4.69, 9.17) is 4.74 Å². The van der Waals surface area contributed by atoms with Crippen LogP contribution in [0, 0.1) is 11.8 Å². The minimum Gasteiger partial charge on any atom is -0.444 e. The zero-order chi connectivity index (χ0) is 31.0. The number of aromatic nitrogens is 1. The number of halogens is 7. The normalized spacial score (nSPS) is 29.1. The Morgan fingerprint density at radius 3 is 1.83 bits per heavy atom. The molecule has 1 aliphatic heterocycles. The standard InChI is InChI=1S/C30H34BrF6N3O2/c1-17-11-27(17)13-23(14-28(12-18(28)2)40(27)25(41)42-26(3,4)5)39(24-7-6-22(31)15-38-24)16-19-8-20(29(32,33)34)10-21(9-19)30(35,36)37/h6-10,15,17-18,23H,11-14,16H2,1-5H3/t17-,18+,23?,27?,28?. The van der Waals surface area contributed by atoms with Crippen molar-refractivity contribution in [2.45, 2.75) is 102 Å². The highest BCUT2D eigenvalue weighted by molar-refractivity contribution is 9.10. The van der Waals surface area contributed by atoms with Crippen LogP contribution in [0.5, 0.6) is 0 Å². The maximum absolute atomic E-state index is 13.7. The maximum Gasteiger partial charge on any atom is 0.416 e. The molecule has 5 nitrogen and oxygen atoms in total. The Balaban J connectivity index is 1.56. The van der Waals surface area contributed by atoms with Crippen molar-refractivity contribution in [3.63, 3.8) is 0 Å². The Morgan fingerprint density at radius 2 is 1.45 bits per heavy atom. The summed E-state index contributed by atoms with van der Waals surface area (Å²) in [6.45, 7) is 9.35. The van der Waals surface area contributed by atoms with Crippen molar-refractivity contribution in [3.05, 3.63) is 57.7 Å². The predicted octanol–water partition coefficient (Wildman–Crippen LogP) is 8.85. The predicted molar refractivity (Wildman–Crippen MR) is 149 cm³/mol. The van der Waals surface area contributed by atoms with E-state index in [1.165, 1.54) is 0 Å². The monoisotopic (exact) mass is 661 g/mol. The number of benzene rings is 1. The molecule has 1 aromatic carbocycles. The molecule has 1 aromatic heterocycles. The molecule has 2 aromatic rings. The Kier molecular flexibility index (Phi) is 7.38. The molecule has 5 rings (SSSR count). The first-order valence-electron chi connectivity index (χ1n) is 14.0. The van der Waals surface area contributed by atoms with Crippen LogP contribution < -0.4 is 4.90 Å². The molecule has 2 aliphatic carbocycles. The fourth-order valence-electron chi connectivity index (χ4n) is 6.78. The molecule has 1 saturated heterocycles. The number of anilines is 1. The van der Waals surface area contributed by atoms with E-state index >= 15 is 0 Å². The summed E-state index contributed by atoms with van der Waals surface area (Å²) in [5, 5.41) is 0. The number of likely N-dealkylation sites (tertiary alicyclic amines) is 1. The number of piperidine rings is 1. The number of nitrogens with zero attached hydrogens (tertiary/aromatic N) is 3. The van der Waals surface area contributed by atoms with Crippen LogP contribution in [-0.2, 0) is 23.6 Å². The number of carbonyl (C=O) groups excluding carboxylic acids is 1. The van der Waals surface area contributed by atoms with Crippen LogP contribution in [0.3, 0.4) is 0 Å². The second-order valence-electron chi connectivity index (χ2n) is 13.2. The highest BCUT2D eigenvalue weighted by atomic mass is 79.9. The van der Waals surface area contributed by atoms with E-state index in [2.05, 4.69) is 34.8 Å². The Morgan fingerprint density at radius 1 is 0.952 bits per heavy atom. The van der Waals surface area contributed by atoms with Gasteiger partial charge in [-0.05, 0) is 110 Å². The van der Waals surface area contributed by atoms with E-state index in [1.807, 2.05) is 30.6 Å². The SMILES string of the molecule is C[C@@H]1CC12CC(N(Cc1cc(C(F)(F)F)cc(C(F)(F)F)c1)c1ccc(Br)cn1)CC1(C[C@@H]1C)N2C(=O)OC(C)(C)C. The van der Waals surface area contributed by atoms with Crippen LogP contribution in [0.15, 0.2) is 41.0 Å². The number of ether oxygens (including phenoxy) is 1. The van der Waals surface area contributed by atoms with Gasteiger partial charge in [-0.3, -0.25) is 4.90 Å². The van der Waals surface area contributed by atoms with E-state index in [1.54, 1.807) is 18.3 Å². The van der Waals surface area contributed by atoms with Gasteiger partial charge in [0.25, 0.3) is 0 Å². The topological polar surface area (TPSA) is 45.7 Å². The van der Waals surface area contributed by atoms with Crippen molar-refractivity contribution in [1.29, 1.82) is 0 Å². The third-order valence-electron chi connectivity index (χ3n) is 8.93. The molecule has 42 heavy (non-hydrogen) atoms. The fourth-order valence-corrected chi connectivity index (χ4v) is 7.02. The summed E-state index contributed by atoms with van der Waals surface area (Å²) >= 11 is 3.35. The van der Waals surface area contributed by atoms with E-state index in [9.17, 15) is 31.1 Å². The highest BCUT2D eigenvalue weighted by Gasteiger charge is 2.73. The molecular weight excluding hydrogens is 628 g/mol. The first kappa shape index (κ1) is 30.9. The van der Waals surface area contributed by atoms with Gasteiger partial charge in [0.15, 0.2) is 0 Å². The van der Waals surface area contributed by atoms with Gasteiger partial charge >= 0.3 is 18.4 Å². The van der Waals surface area contributed by atoms with E-state index in [0.29, 0.717) is 23.1 Å². The van der Waals surface area contributed by atoms with Gasteiger partial charge in [0.05, 0.1) is 22.2 Å². The summed E-state index contributed by atoms with van der Waals surface area (Å²) in [4.78, 5) is 21.9. The van der Waals surface area contributed by atoms with Gasteiger partial charge in [-0.1, -0.05) is 13.8 Å². The van der Waals surface area contributed by atoms with Crippen LogP contribution in [0.1, 0.15) is 77.0 Å². The third-order valence-corrected chi connectivity index (χ3v) is 9.39. The molecule has 1 amide bonds. The van der Waals surface area contributed by atoms with Gasteiger partial charge in [-0.25, -0.2) is 9.78 Å². The molecule has 0 N–H and O–H groups in total. The minimum atomic E-state index is -4.95. The second-order valence-corrected chi connectivity index (χ2v) is 14.1. The van der Waals surface area contributed by atoms with Crippen LogP contribution in [0.25, 0.3) is 0 Å². The summed E-state index contributed by atoms with van der Waals surface area (Å²) in [5.74, 6) is 0.747. The maximum atomic E-state index is 13.7. The lowest BCUT2D eigenvalue weighted by atomic mass is 9.84. The van der Waals surface area contributed by atoms with Crippen molar-refractivity contribution < 1.29 is 35.9 Å². The molecule has 3 fully saturated rings. The number of amides is 1. The number of rotatable bonds is 4. The Hall–Kier alpha value is -2.50. The Labute approximate surface area is 249 Å². The van der Waals surface area contributed by atoms with Gasteiger partial charge in [0.1, 0.15) is 11.4 Å². The van der Waals surface area contributed by atoms with Crippen molar-refractivity contribution in [2.75, 3.05) is 4.90 Å². The molecule has 230 valence electrons. The first-order chi connectivity index (χ1) is 19.2. The third kappa shape index (κ3) is 5.84. The fraction of sp³-hybridized carbons (Fsp3) is 0.600. The van der Waals surface area contributed by atoms with Crippen molar-refractivity contribution >= 4 is 27.8 Å². The van der Waals surface area contributed by atoms with E-state index in [-0.39, 0.29) is 42.1 Å². The van der Waals surface area contributed by atoms with Gasteiger partial charge in [-0.2, -0.15) is 26.3 Å². The average molecular weight is 663 g/mol. The number of hydrogen-bond donors (Lipinski definition) is 0. The van der Waals surface area contributed by atoms with Gasteiger partial charge in [0.2, 0.25) is 0 Å². The zero-order valence-corrected chi connectivity index (χ0v) is 25.6. The van der Waals surface area contributed by atoms with E-state index < -0.39 is 40.2 Å². The largest absolute Gasteiger partial charge is 0.444 e. The number of hydrogen-bond acceptors (Lipinski definition) is 4. The summed E-state index contributed by atoms with van der Waals surface area (Å²) in [5.41, 5.74) is -4.55. The van der Waals surface area contributed by atoms with Crippen LogP contribution in [0.2, 0.25) is 0 Å². The average Bonchev–Trinajstić information content (AvgIpc) is 3.68. The molecule has 2 heterocycles. The molecule has 5 atom stereocenters.